The maximum Gasteiger partial charge on any atom is 0.258 e. The van der Waals surface area contributed by atoms with Gasteiger partial charge in [0.25, 0.3) is 5.91 Å². The molecule has 8 heteroatoms. The van der Waals surface area contributed by atoms with Gasteiger partial charge in [-0.1, -0.05) is 18.5 Å². The molecule has 1 N–H and O–H groups in total. The van der Waals surface area contributed by atoms with Crippen molar-refractivity contribution >= 4 is 34.6 Å². The molecular weight excluding hydrogens is 403 g/mol. The van der Waals surface area contributed by atoms with Crippen molar-refractivity contribution in [1.82, 2.24) is 10.3 Å². The van der Waals surface area contributed by atoms with Crippen LogP contribution >= 0.6 is 22.9 Å². The summed E-state index contributed by atoms with van der Waals surface area (Å²) in [5, 5.41) is 3.99. The fourth-order valence-electron chi connectivity index (χ4n) is 4.40. The summed E-state index contributed by atoms with van der Waals surface area (Å²) in [6.07, 6.45) is 5.46. The molecule has 0 radical (unpaired) electrons. The van der Waals surface area contributed by atoms with Gasteiger partial charge in [-0.05, 0) is 43.2 Å². The average molecular weight is 423 g/mol. The number of nitrogens with one attached hydrogen (secondary N) is 1. The van der Waals surface area contributed by atoms with Gasteiger partial charge in [0.1, 0.15) is 11.6 Å². The van der Waals surface area contributed by atoms with Crippen molar-refractivity contribution in [2.45, 2.75) is 44.6 Å². The van der Waals surface area contributed by atoms with E-state index in [-0.39, 0.29) is 40.0 Å². The van der Waals surface area contributed by atoms with Crippen molar-refractivity contribution in [3.05, 3.63) is 45.1 Å². The smallest absolute Gasteiger partial charge is 0.258 e. The van der Waals surface area contributed by atoms with Gasteiger partial charge in [0.2, 0.25) is 0 Å². The first-order valence-electron chi connectivity index (χ1n) is 9.19. The number of rotatable bonds is 8. The van der Waals surface area contributed by atoms with Gasteiger partial charge >= 0.3 is 0 Å². The lowest BCUT2D eigenvalue weighted by Crippen LogP contribution is -2.75. The summed E-state index contributed by atoms with van der Waals surface area (Å²) in [7, 11) is 0. The maximum atomic E-state index is 13.4. The molecule has 148 valence electrons. The first-order valence-corrected chi connectivity index (χ1v) is 10.4. The van der Waals surface area contributed by atoms with Gasteiger partial charge in [0, 0.05) is 24.2 Å². The van der Waals surface area contributed by atoms with E-state index in [0.717, 1.165) is 41.6 Å². The summed E-state index contributed by atoms with van der Waals surface area (Å²) in [5.74, 6) is -0.430. The van der Waals surface area contributed by atoms with E-state index < -0.39 is 5.82 Å². The van der Waals surface area contributed by atoms with Crippen molar-refractivity contribution < 1.29 is 18.7 Å². The van der Waals surface area contributed by atoms with Crippen molar-refractivity contribution in [3.8, 4) is 5.75 Å². The standard InChI is InChI=1S/C20H20ClFN2O3S/c1-2-18-23-7-16(28-18)15(25)6-19-9-20(10-19,11-19)24-17(26)8-27-12-3-4-13(21)14(22)5-12/h3-5,7H,2,6,8-11H2,1H3,(H,24,26). The number of carbonyl (C=O) groups is 2. The zero-order valence-corrected chi connectivity index (χ0v) is 17.0. The molecule has 1 heterocycles. The number of carbonyl (C=O) groups excluding carboxylic acids is 2. The largest absolute Gasteiger partial charge is 0.484 e. The van der Waals surface area contributed by atoms with Crippen molar-refractivity contribution in [2.75, 3.05) is 6.61 Å². The fourth-order valence-corrected chi connectivity index (χ4v) is 5.31. The lowest BCUT2D eigenvalue weighted by atomic mass is 9.38. The normalized spacial score (nSPS) is 24.8. The van der Waals surface area contributed by atoms with E-state index in [0.29, 0.717) is 6.42 Å². The molecule has 1 aromatic carbocycles. The molecule has 3 aliphatic rings. The molecule has 3 fully saturated rings. The third-order valence-corrected chi connectivity index (χ3v) is 6.96. The number of halogens is 2. The molecule has 0 atom stereocenters. The van der Waals surface area contributed by atoms with Crippen LogP contribution in [0.1, 0.15) is 47.3 Å². The van der Waals surface area contributed by atoms with E-state index in [4.69, 9.17) is 16.3 Å². The molecule has 0 aliphatic heterocycles. The Balaban J connectivity index is 1.23. The number of ether oxygens (including phenoxy) is 1. The molecule has 5 nitrogen and oxygen atoms in total. The predicted octanol–water partition coefficient (Wildman–Crippen LogP) is 4.19. The molecule has 28 heavy (non-hydrogen) atoms. The number of Topliss-reactive ketones (excluding diaryl/α,β-unsaturated/α-hetero) is 1. The summed E-state index contributed by atoms with van der Waals surface area (Å²) >= 11 is 7.09. The van der Waals surface area contributed by atoms with Crippen LogP contribution in [0.3, 0.4) is 0 Å². The second kappa shape index (κ2) is 7.12. The van der Waals surface area contributed by atoms with E-state index in [1.807, 2.05) is 6.92 Å². The Morgan fingerprint density at radius 1 is 1.36 bits per heavy atom. The van der Waals surface area contributed by atoms with Crippen LogP contribution in [0, 0.1) is 11.2 Å². The van der Waals surface area contributed by atoms with E-state index in [1.165, 1.54) is 23.5 Å². The van der Waals surface area contributed by atoms with Crippen LogP contribution in [-0.4, -0.2) is 28.8 Å². The minimum Gasteiger partial charge on any atom is -0.484 e. The number of thiazole rings is 1. The summed E-state index contributed by atoms with van der Waals surface area (Å²) in [5.41, 5.74) is -0.199. The third-order valence-electron chi connectivity index (χ3n) is 5.47. The molecule has 0 spiro atoms. The van der Waals surface area contributed by atoms with Crippen LogP contribution in [0.15, 0.2) is 24.4 Å². The van der Waals surface area contributed by atoms with Crippen LogP contribution in [0.25, 0.3) is 0 Å². The van der Waals surface area contributed by atoms with E-state index >= 15 is 0 Å². The molecule has 5 rings (SSSR count). The summed E-state index contributed by atoms with van der Waals surface area (Å²) in [4.78, 5) is 29.6. The zero-order valence-electron chi connectivity index (χ0n) is 15.4. The van der Waals surface area contributed by atoms with Crippen LogP contribution in [-0.2, 0) is 11.2 Å². The number of aryl methyl sites for hydroxylation is 1. The van der Waals surface area contributed by atoms with E-state index in [9.17, 15) is 14.0 Å². The lowest BCUT2D eigenvalue weighted by Gasteiger charge is -2.70. The topological polar surface area (TPSA) is 68.3 Å². The minimum absolute atomic E-state index is 0.00904. The SMILES string of the molecule is CCc1ncc(C(=O)CC23CC(NC(=O)COc4ccc(Cl)c(F)c4)(C2)C3)s1. The molecule has 1 aromatic heterocycles. The fraction of sp³-hybridized carbons (Fsp3) is 0.450. The first kappa shape index (κ1) is 19.3. The number of aromatic nitrogens is 1. The van der Waals surface area contributed by atoms with Gasteiger partial charge in [-0.2, -0.15) is 0 Å². The van der Waals surface area contributed by atoms with Gasteiger partial charge in [-0.15, -0.1) is 11.3 Å². The second-order valence-corrected chi connectivity index (χ2v) is 9.32. The molecular formula is C20H20ClFN2O3S. The predicted molar refractivity (Wildman–Crippen MR) is 105 cm³/mol. The number of hydrogen-bond acceptors (Lipinski definition) is 5. The number of nitrogens with zero attached hydrogens (tertiary/aromatic N) is 1. The monoisotopic (exact) mass is 422 g/mol. The van der Waals surface area contributed by atoms with Crippen LogP contribution in [0.5, 0.6) is 5.75 Å². The van der Waals surface area contributed by atoms with Crippen molar-refractivity contribution in [2.24, 2.45) is 5.41 Å². The molecule has 2 bridgehead atoms. The Labute approximate surface area is 171 Å². The Morgan fingerprint density at radius 3 is 2.75 bits per heavy atom. The summed E-state index contributed by atoms with van der Waals surface area (Å²) < 4.78 is 18.7. The highest BCUT2D eigenvalue weighted by molar-refractivity contribution is 7.13. The van der Waals surface area contributed by atoms with Crippen LogP contribution in [0.4, 0.5) is 4.39 Å². The Bertz CT molecular complexity index is 926. The first-order chi connectivity index (χ1) is 13.3. The summed E-state index contributed by atoms with van der Waals surface area (Å²) in [6, 6.07) is 4.06. The number of ketones is 1. The molecule has 3 saturated carbocycles. The highest BCUT2D eigenvalue weighted by atomic mass is 35.5. The average Bonchev–Trinajstić information content (AvgIpc) is 3.09. The van der Waals surface area contributed by atoms with Gasteiger partial charge in [0.15, 0.2) is 12.4 Å². The molecule has 2 aromatic rings. The van der Waals surface area contributed by atoms with Gasteiger partial charge in [-0.3, -0.25) is 9.59 Å². The molecule has 3 aliphatic carbocycles. The number of benzene rings is 1. The van der Waals surface area contributed by atoms with Gasteiger partial charge < -0.3 is 10.1 Å². The van der Waals surface area contributed by atoms with Crippen molar-refractivity contribution in [1.29, 1.82) is 0 Å². The number of hydrogen-bond donors (Lipinski definition) is 1. The van der Waals surface area contributed by atoms with Crippen LogP contribution in [0.2, 0.25) is 5.02 Å². The quantitative estimate of drug-likeness (QED) is 0.648. The molecule has 1 amide bonds. The highest BCUT2D eigenvalue weighted by Crippen LogP contribution is 2.69. The van der Waals surface area contributed by atoms with Crippen LogP contribution < -0.4 is 10.1 Å². The lowest BCUT2D eigenvalue weighted by molar-refractivity contribution is -0.164. The Morgan fingerprint density at radius 2 is 2.11 bits per heavy atom. The Hall–Kier alpha value is -1.99. The van der Waals surface area contributed by atoms with Gasteiger partial charge in [-0.25, -0.2) is 9.37 Å². The second-order valence-electron chi connectivity index (χ2n) is 7.80. The highest BCUT2D eigenvalue weighted by Gasteiger charge is 2.68. The van der Waals surface area contributed by atoms with E-state index in [2.05, 4.69) is 10.3 Å². The summed E-state index contributed by atoms with van der Waals surface area (Å²) in [6.45, 7) is 1.84. The molecule has 0 unspecified atom stereocenters. The Kier molecular flexibility index (Phi) is 4.91. The number of amides is 1. The third kappa shape index (κ3) is 3.65. The maximum absolute atomic E-state index is 13.4. The zero-order chi connectivity index (χ0) is 19.9. The van der Waals surface area contributed by atoms with Gasteiger partial charge in [0.05, 0.1) is 14.9 Å². The van der Waals surface area contributed by atoms with Crippen molar-refractivity contribution in [3.63, 3.8) is 0 Å². The van der Waals surface area contributed by atoms with E-state index in [1.54, 1.807) is 6.20 Å². The minimum atomic E-state index is -0.586. The molecule has 0 saturated heterocycles.